The number of rotatable bonds is 4. The zero-order valence-corrected chi connectivity index (χ0v) is 11.6. The highest BCUT2D eigenvalue weighted by Gasteiger charge is 2.34. The molecular weight excluding hydrogens is 293 g/mol. The summed E-state index contributed by atoms with van der Waals surface area (Å²) in [6.07, 6.45) is 4.86. The molecule has 0 bridgehead atoms. The van der Waals surface area contributed by atoms with Gasteiger partial charge in [-0.3, -0.25) is 9.78 Å². The summed E-state index contributed by atoms with van der Waals surface area (Å²) in [4.78, 5) is 17.9. The number of carbonyl (C=O) groups excluding carboxylic acids is 1. The number of hydrogen-bond acceptors (Lipinski definition) is 2. The maximum atomic E-state index is 13.8. The molecule has 6 heteroatoms. The van der Waals surface area contributed by atoms with Crippen molar-refractivity contribution < 1.29 is 18.0 Å². The van der Waals surface area contributed by atoms with Crippen LogP contribution in [0.2, 0.25) is 0 Å². The third-order valence-corrected chi connectivity index (χ3v) is 3.59. The van der Waals surface area contributed by atoms with Crippen molar-refractivity contribution >= 4 is 5.91 Å². The van der Waals surface area contributed by atoms with E-state index in [-0.39, 0.29) is 12.6 Å². The Labute approximate surface area is 125 Å². The number of benzene rings is 1. The van der Waals surface area contributed by atoms with Crippen LogP contribution in [0, 0.1) is 17.5 Å². The van der Waals surface area contributed by atoms with Crippen LogP contribution in [-0.2, 0) is 6.54 Å². The second-order valence-electron chi connectivity index (χ2n) is 5.25. The lowest BCUT2D eigenvalue weighted by molar-refractivity contribution is 0.0723. The van der Waals surface area contributed by atoms with Crippen LogP contribution in [0.5, 0.6) is 0 Å². The molecule has 3 nitrogen and oxygen atoms in total. The number of hydrogen-bond donors (Lipinski definition) is 0. The molecule has 1 aliphatic carbocycles. The monoisotopic (exact) mass is 306 g/mol. The van der Waals surface area contributed by atoms with Gasteiger partial charge in [0.05, 0.1) is 5.56 Å². The second kappa shape index (κ2) is 5.79. The van der Waals surface area contributed by atoms with Crippen LogP contribution in [0.15, 0.2) is 36.7 Å². The molecule has 0 radical (unpaired) electrons. The molecule has 2 aromatic rings. The van der Waals surface area contributed by atoms with Crippen LogP contribution in [0.25, 0.3) is 0 Å². The predicted octanol–water partition coefficient (Wildman–Crippen LogP) is 3.30. The summed E-state index contributed by atoms with van der Waals surface area (Å²) >= 11 is 0. The molecule has 1 aliphatic rings. The Bertz CT molecular complexity index is 702. The van der Waals surface area contributed by atoms with E-state index in [0.717, 1.165) is 30.5 Å². The van der Waals surface area contributed by atoms with Gasteiger partial charge in [-0.2, -0.15) is 0 Å². The van der Waals surface area contributed by atoms with Gasteiger partial charge < -0.3 is 4.90 Å². The minimum Gasteiger partial charge on any atom is -0.331 e. The molecule has 0 aliphatic heterocycles. The third-order valence-electron chi connectivity index (χ3n) is 3.59. The number of halogens is 3. The van der Waals surface area contributed by atoms with Gasteiger partial charge in [-0.25, -0.2) is 13.2 Å². The zero-order chi connectivity index (χ0) is 15.7. The lowest BCUT2D eigenvalue weighted by Gasteiger charge is -2.22. The van der Waals surface area contributed by atoms with Crippen molar-refractivity contribution in [3.8, 4) is 0 Å². The molecule has 0 atom stereocenters. The van der Waals surface area contributed by atoms with Crippen LogP contribution in [0.3, 0.4) is 0 Å². The number of carbonyl (C=O) groups is 1. The van der Waals surface area contributed by atoms with Crippen molar-refractivity contribution in [2.45, 2.75) is 25.4 Å². The summed E-state index contributed by atoms with van der Waals surface area (Å²) in [7, 11) is 0. The minimum absolute atomic E-state index is 0.000204. The van der Waals surface area contributed by atoms with E-state index in [9.17, 15) is 18.0 Å². The van der Waals surface area contributed by atoms with Crippen LogP contribution < -0.4 is 0 Å². The van der Waals surface area contributed by atoms with Gasteiger partial charge in [-0.05, 0) is 36.6 Å². The van der Waals surface area contributed by atoms with Crippen molar-refractivity contribution in [1.82, 2.24) is 9.88 Å². The normalized spacial score (nSPS) is 14.0. The van der Waals surface area contributed by atoms with E-state index in [1.54, 1.807) is 24.5 Å². The Morgan fingerprint density at radius 2 is 1.95 bits per heavy atom. The molecule has 3 rings (SSSR count). The molecular formula is C16H13F3N2O. The summed E-state index contributed by atoms with van der Waals surface area (Å²) in [6.45, 7) is 0.260. The lowest BCUT2D eigenvalue weighted by Crippen LogP contribution is -2.33. The Morgan fingerprint density at radius 3 is 2.59 bits per heavy atom. The molecule has 0 unspecified atom stereocenters. The van der Waals surface area contributed by atoms with Crippen molar-refractivity contribution in [2.75, 3.05) is 0 Å². The van der Waals surface area contributed by atoms with Crippen molar-refractivity contribution in [1.29, 1.82) is 0 Å². The summed E-state index contributed by atoms with van der Waals surface area (Å²) < 4.78 is 40.1. The fourth-order valence-corrected chi connectivity index (χ4v) is 2.29. The maximum Gasteiger partial charge on any atom is 0.257 e. The van der Waals surface area contributed by atoms with E-state index in [1.807, 2.05) is 0 Å². The van der Waals surface area contributed by atoms with Gasteiger partial charge in [0, 0.05) is 25.0 Å². The first-order valence-electron chi connectivity index (χ1n) is 6.91. The van der Waals surface area contributed by atoms with E-state index in [0.29, 0.717) is 0 Å². The molecule has 22 heavy (non-hydrogen) atoms. The lowest BCUT2D eigenvalue weighted by atomic mass is 10.1. The summed E-state index contributed by atoms with van der Waals surface area (Å²) in [5, 5.41) is 0. The standard InChI is InChI=1S/C16H13F3N2O/c17-13-6-5-12(14(18)15(13)19)16(22)21(11-3-4-11)9-10-2-1-7-20-8-10/h1-2,5-8,11H,3-4,9H2. The number of amides is 1. The smallest absolute Gasteiger partial charge is 0.257 e. The third kappa shape index (κ3) is 2.81. The molecule has 114 valence electrons. The molecule has 0 saturated heterocycles. The topological polar surface area (TPSA) is 33.2 Å². The van der Waals surface area contributed by atoms with Gasteiger partial charge in [0.2, 0.25) is 0 Å². The number of nitrogens with zero attached hydrogens (tertiary/aromatic N) is 2. The number of aromatic nitrogens is 1. The van der Waals surface area contributed by atoms with Crippen LogP contribution in [0.4, 0.5) is 13.2 Å². The summed E-state index contributed by atoms with van der Waals surface area (Å²) in [5.41, 5.74) is 0.348. The molecule has 1 amide bonds. The minimum atomic E-state index is -1.62. The van der Waals surface area contributed by atoms with Gasteiger partial charge in [-0.15, -0.1) is 0 Å². The molecule has 0 N–H and O–H groups in total. The van der Waals surface area contributed by atoms with Crippen LogP contribution >= 0.6 is 0 Å². The first-order chi connectivity index (χ1) is 10.6. The fraction of sp³-hybridized carbons (Fsp3) is 0.250. The van der Waals surface area contributed by atoms with E-state index in [2.05, 4.69) is 4.98 Å². The highest BCUT2D eigenvalue weighted by atomic mass is 19.2. The second-order valence-corrected chi connectivity index (χ2v) is 5.25. The van der Waals surface area contributed by atoms with Gasteiger partial charge in [0.1, 0.15) is 0 Å². The van der Waals surface area contributed by atoms with E-state index < -0.39 is 28.9 Å². The van der Waals surface area contributed by atoms with Gasteiger partial charge in [0.15, 0.2) is 17.5 Å². The summed E-state index contributed by atoms with van der Waals surface area (Å²) in [6, 6.07) is 5.29. The van der Waals surface area contributed by atoms with Crippen molar-refractivity contribution in [3.63, 3.8) is 0 Å². The maximum absolute atomic E-state index is 13.8. The fourth-order valence-electron chi connectivity index (χ4n) is 2.29. The average molecular weight is 306 g/mol. The average Bonchev–Trinajstić information content (AvgIpc) is 3.36. The first kappa shape index (κ1) is 14.6. The van der Waals surface area contributed by atoms with Crippen LogP contribution in [0.1, 0.15) is 28.8 Å². The van der Waals surface area contributed by atoms with Crippen molar-refractivity contribution in [2.24, 2.45) is 0 Å². The SMILES string of the molecule is O=C(c1ccc(F)c(F)c1F)N(Cc1cccnc1)C1CC1. The van der Waals surface area contributed by atoms with E-state index in [1.165, 1.54) is 4.90 Å². The zero-order valence-electron chi connectivity index (χ0n) is 11.6. The molecule has 1 aromatic carbocycles. The van der Waals surface area contributed by atoms with E-state index >= 15 is 0 Å². The van der Waals surface area contributed by atoms with Crippen LogP contribution in [-0.4, -0.2) is 21.8 Å². The molecule has 1 saturated carbocycles. The van der Waals surface area contributed by atoms with Gasteiger partial charge in [0.25, 0.3) is 5.91 Å². The Balaban J connectivity index is 1.89. The molecule has 1 fully saturated rings. The predicted molar refractivity (Wildman–Crippen MR) is 73.4 cm³/mol. The largest absolute Gasteiger partial charge is 0.331 e. The molecule has 1 heterocycles. The van der Waals surface area contributed by atoms with Gasteiger partial charge >= 0.3 is 0 Å². The Hall–Kier alpha value is -2.37. The Kier molecular flexibility index (Phi) is 3.83. The summed E-state index contributed by atoms with van der Waals surface area (Å²) in [5.74, 6) is -5.01. The number of pyridine rings is 1. The van der Waals surface area contributed by atoms with Gasteiger partial charge in [-0.1, -0.05) is 6.07 Å². The molecule has 1 aromatic heterocycles. The Morgan fingerprint density at radius 1 is 1.18 bits per heavy atom. The first-order valence-corrected chi connectivity index (χ1v) is 6.91. The quantitative estimate of drug-likeness (QED) is 0.812. The highest BCUT2D eigenvalue weighted by molar-refractivity contribution is 5.95. The molecule has 0 spiro atoms. The van der Waals surface area contributed by atoms with Crippen molar-refractivity contribution in [3.05, 3.63) is 65.2 Å². The van der Waals surface area contributed by atoms with E-state index in [4.69, 9.17) is 0 Å². The highest BCUT2D eigenvalue weighted by Crippen LogP contribution is 2.30.